The van der Waals surface area contributed by atoms with Crippen LogP contribution in [0.25, 0.3) is 0 Å². The maximum atomic E-state index is 6.11. The standard InChI is InChI=1S/C15H25N3S/c1-4-14(16)8-13-6-5-7-17-15(13)18-9-11(2)19-12(3)10-18/h5-7,11-12,14H,4,8-10,16H2,1-3H3. The third-order valence-electron chi connectivity index (χ3n) is 3.59. The van der Waals surface area contributed by atoms with Gasteiger partial charge in [-0.3, -0.25) is 0 Å². The molecule has 2 rings (SSSR count). The second-order valence-corrected chi connectivity index (χ2v) is 7.40. The molecule has 0 aliphatic carbocycles. The molecular formula is C15H25N3S. The van der Waals surface area contributed by atoms with Gasteiger partial charge in [-0.25, -0.2) is 4.98 Å². The summed E-state index contributed by atoms with van der Waals surface area (Å²) in [5, 5.41) is 1.33. The minimum absolute atomic E-state index is 0.233. The third-order valence-corrected chi connectivity index (χ3v) is 4.82. The summed E-state index contributed by atoms with van der Waals surface area (Å²) < 4.78 is 0. The molecule has 4 heteroatoms. The third kappa shape index (κ3) is 3.86. The largest absolute Gasteiger partial charge is 0.354 e. The predicted octanol–water partition coefficient (Wildman–Crippen LogP) is 2.69. The molecule has 106 valence electrons. The first-order valence-electron chi connectivity index (χ1n) is 7.20. The summed E-state index contributed by atoms with van der Waals surface area (Å²) in [5.41, 5.74) is 7.40. The van der Waals surface area contributed by atoms with Gasteiger partial charge in [-0.1, -0.05) is 26.8 Å². The van der Waals surface area contributed by atoms with Gasteiger partial charge in [0.2, 0.25) is 0 Å². The first kappa shape index (κ1) is 14.7. The van der Waals surface area contributed by atoms with Gasteiger partial charge in [0, 0.05) is 35.8 Å². The van der Waals surface area contributed by atoms with E-state index in [4.69, 9.17) is 5.73 Å². The van der Waals surface area contributed by atoms with Crippen molar-refractivity contribution >= 4 is 17.6 Å². The molecule has 0 bridgehead atoms. The van der Waals surface area contributed by atoms with Crippen molar-refractivity contribution in [3.8, 4) is 0 Å². The number of aromatic nitrogens is 1. The highest BCUT2D eigenvalue weighted by molar-refractivity contribution is 8.00. The van der Waals surface area contributed by atoms with E-state index >= 15 is 0 Å². The molecule has 0 spiro atoms. The number of nitrogens with zero attached hydrogens (tertiary/aromatic N) is 2. The molecule has 1 aromatic heterocycles. The van der Waals surface area contributed by atoms with Crippen molar-refractivity contribution in [3.63, 3.8) is 0 Å². The number of anilines is 1. The topological polar surface area (TPSA) is 42.1 Å². The second kappa shape index (κ2) is 6.62. The monoisotopic (exact) mass is 279 g/mol. The van der Waals surface area contributed by atoms with Gasteiger partial charge in [0.25, 0.3) is 0 Å². The van der Waals surface area contributed by atoms with Gasteiger partial charge >= 0.3 is 0 Å². The van der Waals surface area contributed by atoms with E-state index in [2.05, 4.69) is 48.5 Å². The lowest BCUT2D eigenvalue weighted by Gasteiger charge is -2.36. The minimum Gasteiger partial charge on any atom is -0.354 e. The van der Waals surface area contributed by atoms with E-state index in [1.54, 1.807) is 0 Å². The van der Waals surface area contributed by atoms with E-state index < -0.39 is 0 Å². The molecule has 2 N–H and O–H groups in total. The average Bonchev–Trinajstić information content (AvgIpc) is 2.38. The summed E-state index contributed by atoms with van der Waals surface area (Å²) in [4.78, 5) is 7.05. The highest BCUT2D eigenvalue weighted by atomic mass is 32.2. The summed E-state index contributed by atoms with van der Waals surface area (Å²) in [6.07, 6.45) is 3.83. The van der Waals surface area contributed by atoms with Crippen molar-refractivity contribution in [2.75, 3.05) is 18.0 Å². The number of hydrogen-bond acceptors (Lipinski definition) is 4. The van der Waals surface area contributed by atoms with E-state index in [0.29, 0.717) is 10.5 Å². The van der Waals surface area contributed by atoms with Crippen LogP contribution in [0.15, 0.2) is 18.3 Å². The predicted molar refractivity (Wildman–Crippen MR) is 84.9 cm³/mol. The van der Waals surface area contributed by atoms with Crippen molar-refractivity contribution in [1.82, 2.24) is 4.98 Å². The van der Waals surface area contributed by atoms with Crippen LogP contribution in [-0.2, 0) is 6.42 Å². The van der Waals surface area contributed by atoms with E-state index in [0.717, 1.165) is 31.7 Å². The molecule has 1 aliphatic heterocycles. The minimum atomic E-state index is 0.233. The van der Waals surface area contributed by atoms with Crippen LogP contribution in [0, 0.1) is 0 Å². The fraction of sp³-hybridized carbons (Fsp3) is 0.667. The number of nitrogens with two attached hydrogens (primary N) is 1. The van der Waals surface area contributed by atoms with Gasteiger partial charge in [-0.2, -0.15) is 11.8 Å². The quantitative estimate of drug-likeness (QED) is 0.920. The molecule has 1 aliphatic rings. The Balaban J connectivity index is 2.18. The lowest BCUT2D eigenvalue weighted by molar-refractivity contribution is 0.638. The lowest BCUT2D eigenvalue weighted by atomic mass is 10.0. The summed E-state index contributed by atoms with van der Waals surface area (Å²) in [6, 6.07) is 4.43. The Morgan fingerprint density at radius 1 is 1.42 bits per heavy atom. The fourth-order valence-electron chi connectivity index (χ4n) is 2.65. The summed E-state index contributed by atoms with van der Waals surface area (Å²) in [5.74, 6) is 1.14. The van der Waals surface area contributed by atoms with Gasteiger partial charge in [-0.05, 0) is 24.5 Å². The van der Waals surface area contributed by atoms with Crippen molar-refractivity contribution < 1.29 is 0 Å². The highest BCUT2D eigenvalue weighted by Crippen LogP contribution is 2.29. The zero-order chi connectivity index (χ0) is 13.8. The first-order chi connectivity index (χ1) is 9.10. The van der Waals surface area contributed by atoms with Crippen molar-refractivity contribution in [2.45, 2.75) is 50.2 Å². The SMILES string of the molecule is CCC(N)Cc1cccnc1N1CC(C)SC(C)C1. The van der Waals surface area contributed by atoms with Gasteiger partial charge < -0.3 is 10.6 Å². The van der Waals surface area contributed by atoms with Crippen LogP contribution in [0.5, 0.6) is 0 Å². The maximum Gasteiger partial charge on any atom is 0.131 e. The van der Waals surface area contributed by atoms with Crippen LogP contribution >= 0.6 is 11.8 Å². The molecule has 0 radical (unpaired) electrons. The maximum absolute atomic E-state index is 6.11. The molecular weight excluding hydrogens is 254 g/mol. The molecule has 1 fully saturated rings. The van der Waals surface area contributed by atoms with Crippen LogP contribution in [0.1, 0.15) is 32.8 Å². The Hall–Kier alpha value is -0.740. The fourth-order valence-corrected chi connectivity index (χ4v) is 3.98. The van der Waals surface area contributed by atoms with E-state index in [1.165, 1.54) is 5.56 Å². The molecule has 0 aromatic carbocycles. The van der Waals surface area contributed by atoms with Crippen molar-refractivity contribution in [2.24, 2.45) is 5.73 Å². The number of hydrogen-bond donors (Lipinski definition) is 1. The Bertz CT molecular complexity index is 400. The Morgan fingerprint density at radius 3 is 2.74 bits per heavy atom. The number of rotatable bonds is 4. The Morgan fingerprint density at radius 2 is 2.11 bits per heavy atom. The second-order valence-electron chi connectivity index (χ2n) is 5.52. The molecule has 1 aromatic rings. The molecule has 3 unspecified atom stereocenters. The molecule has 19 heavy (non-hydrogen) atoms. The Labute approximate surface area is 121 Å². The normalized spacial score (nSPS) is 25.4. The van der Waals surface area contributed by atoms with Crippen molar-refractivity contribution in [3.05, 3.63) is 23.9 Å². The number of pyridine rings is 1. The van der Waals surface area contributed by atoms with Crippen LogP contribution in [0.4, 0.5) is 5.82 Å². The molecule has 1 saturated heterocycles. The van der Waals surface area contributed by atoms with Crippen LogP contribution in [0.2, 0.25) is 0 Å². The smallest absolute Gasteiger partial charge is 0.131 e. The van der Waals surface area contributed by atoms with E-state index in [-0.39, 0.29) is 6.04 Å². The van der Waals surface area contributed by atoms with Gasteiger partial charge in [0.05, 0.1) is 0 Å². The lowest BCUT2D eigenvalue weighted by Crippen LogP contribution is -2.41. The highest BCUT2D eigenvalue weighted by Gasteiger charge is 2.24. The molecule has 0 saturated carbocycles. The van der Waals surface area contributed by atoms with Gasteiger partial charge in [-0.15, -0.1) is 0 Å². The summed E-state index contributed by atoms with van der Waals surface area (Å²) >= 11 is 2.07. The molecule has 0 amide bonds. The van der Waals surface area contributed by atoms with Crippen LogP contribution < -0.4 is 10.6 Å². The molecule has 3 nitrogen and oxygen atoms in total. The average molecular weight is 279 g/mol. The zero-order valence-corrected chi connectivity index (χ0v) is 13.0. The zero-order valence-electron chi connectivity index (χ0n) is 12.2. The van der Waals surface area contributed by atoms with Crippen LogP contribution in [0.3, 0.4) is 0 Å². The van der Waals surface area contributed by atoms with Crippen LogP contribution in [-0.4, -0.2) is 34.6 Å². The summed E-state index contributed by atoms with van der Waals surface area (Å²) in [7, 11) is 0. The van der Waals surface area contributed by atoms with Gasteiger partial charge in [0.15, 0.2) is 0 Å². The van der Waals surface area contributed by atoms with Crippen molar-refractivity contribution in [1.29, 1.82) is 0 Å². The van der Waals surface area contributed by atoms with E-state index in [1.807, 2.05) is 12.3 Å². The van der Waals surface area contributed by atoms with Gasteiger partial charge in [0.1, 0.15) is 5.82 Å². The van der Waals surface area contributed by atoms with E-state index in [9.17, 15) is 0 Å². The number of thioether (sulfide) groups is 1. The molecule has 2 heterocycles. The molecule has 3 atom stereocenters. The summed E-state index contributed by atoms with van der Waals surface area (Å²) in [6.45, 7) is 8.91. The Kier molecular flexibility index (Phi) is 5.11. The first-order valence-corrected chi connectivity index (χ1v) is 8.14.